The van der Waals surface area contributed by atoms with Gasteiger partial charge >= 0.3 is 0 Å². The number of allylic oxidation sites excluding steroid dienone is 3. The Balaban J connectivity index is 1.15. The van der Waals surface area contributed by atoms with Gasteiger partial charge < -0.3 is 24.0 Å². The van der Waals surface area contributed by atoms with Crippen molar-refractivity contribution in [2.24, 2.45) is 23.2 Å². The number of aromatic nitrogens is 1. The van der Waals surface area contributed by atoms with Crippen LogP contribution >= 0.6 is 0 Å². The number of hydrogen-bond acceptors (Lipinski definition) is 10. The minimum atomic E-state index is -3.86. The monoisotopic (exact) mass is 830 g/mol. The van der Waals surface area contributed by atoms with Gasteiger partial charge in [-0.3, -0.25) is 23.9 Å². The third kappa shape index (κ3) is 8.80. The molecule has 1 aromatic heterocycles. The Bertz CT molecular complexity index is 2100. The second-order valence-electron chi connectivity index (χ2n) is 17.5. The van der Waals surface area contributed by atoms with Gasteiger partial charge in [-0.05, 0) is 88.7 Å². The minimum absolute atomic E-state index is 0.0118. The highest BCUT2D eigenvalue weighted by atomic mass is 32.2. The topological polar surface area (TPSA) is 162 Å². The van der Waals surface area contributed by atoms with Gasteiger partial charge in [-0.1, -0.05) is 43.2 Å². The number of carbonyl (C=O) groups is 4. The van der Waals surface area contributed by atoms with Crippen molar-refractivity contribution in [3.8, 4) is 11.6 Å². The Labute approximate surface area is 347 Å². The first-order valence-corrected chi connectivity index (χ1v) is 23.3. The predicted molar refractivity (Wildman–Crippen MR) is 221 cm³/mol. The molecule has 6 aliphatic rings. The van der Waals surface area contributed by atoms with Crippen LogP contribution in [-0.4, -0.2) is 103 Å². The van der Waals surface area contributed by atoms with Crippen molar-refractivity contribution in [1.82, 2.24) is 19.5 Å². The van der Waals surface area contributed by atoms with E-state index in [9.17, 15) is 22.8 Å². The molecule has 5 fully saturated rings. The predicted octanol–water partition coefficient (Wildman–Crippen LogP) is 5.45. The van der Waals surface area contributed by atoms with E-state index < -0.39 is 44.7 Å². The van der Waals surface area contributed by atoms with Gasteiger partial charge in [-0.25, -0.2) is 13.4 Å². The molecule has 2 saturated heterocycles. The molecular weight excluding hydrogens is 773 g/mol. The highest BCUT2D eigenvalue weighted by molar-refractivity contribution is 7.90. The molecule has 8 rings (SSSR count). The van der Waals surface area contributed by atoms with Crippen LogP contribution in [-0.2, 0) is 40.4 Å². The van der Waals surface area contributed by atoms with E-state index >= 15 is 4.79 Å². The van der Waals surface area contributed by atoms with E-state index in [0.717, 1.165) is 55.9 Å². The van der Waals surface area contributed by atoms with Crippen LogP contribution in [0.1, 0.15) is 96.0 Å². The van der Waals surface area contributed by atoms with E-state index in [1.165, 1.54) is 0 Å². The molecule has 6 atom stereocenters. The first kappa shape index (κ1) is 41.4. The molecular formula is C45H58N4O9S. The van der Waals surface area contributed by atoms with Gasteiger partial charge in [-0.2, -0.15) is 0 Å². The SMILES string of the molecule is C=C[C@@H]1C[C@]1(CC(=O)[C@@H]1C[C@@H]2CN1C(=O)[C@H](C1CCCC1)CC(=O)N1CC[C@@H](C1)OCCC/C=C/Cc1c(nc3ccccc3c1OCC)O2)C(=O)NS(=O)(=O)C1CC1. The summed E-state index contributed by atoms with van der Waals surface area (Å²) in [6.45, 7) is 7.96. The molecule has 4 bridgehead atoms. The zero-order chi connectivity index (χ0) is 41.3. The van der Waals surface area contributed by atoms with Crippen LogP contribution in [0, 0.1) is 23.2 Å². The smallest absolute Gasteiger partial charge is 0.240 e. The first-order chi connectivity index (χ1) is 28.5. The van der Waals surface area contributed by atoms with E-state index in [1.807, 2.05) is 36.1 Å². The lowest BCUT2D eigenvalue weighted by atomic mass is 9.85. The van der Waals surface area contributed by atoms with Crippen molar-refractivity contribution in [1.29, 1.82) is 0 Å². The number of fused-ring (bicyclic) bond motifs is 6. The maximum atomic E-state index is 15.1. The normalized spacial score (nSPS) is 30.1. The standard InChI is InChI=1S/C45H58N4O9S/c1-3-30-25-45(30,44(53)47-59(54,55)33-18-19-33)26-39(50)38-23-32-28-49(38)43(52)36(29-13-8-9-14-29)24-40(51)48-21-20-31(27-48)57-22-12-6-5-7-16-35-41(56-4-2)34-15-10-11-17-37(34)46-42(35)58-32/h3,5,7,10-11,15,17,29-33,36,38H,1,4,6,8-9,12-14,16,18-28H2,2H3,(H,47,53)/b7-5+/t30-,31+,32-,36+,38+,45-/m1/s1. The van der Waals surface area contributed by atoms with Crippen LogP contribution in [0.5, 0.6) is 11.6 Å². The van der Waals surface area contributed by atoms with Crippen molar-refractivity contribution < 1.29 is 41.8 Å². The number of ether oxygens (including phenoxy) is 3. The largest absolute Gasteiger partial charge is 0.493 e. The van der Waals surface area contributed by atoms with E-state index in [-0.39, 0.29) is 67.8 Å². The summed E-state index contributed by atoms with van der Waals surface area (Å²) >= 11 is 0. The number of rotatable bonds is 10. The number of nitrogens with zero attached hydrogens (tertiary/aromatic N) is 3. The van der Waals surface area contributed by atoms with Crippen molar-refractivity contribution in [3.63, 3.8) is 0 Å². The summed E-state index contributed by atoms with van der Waals surface area (Å²) in [5.74, 6) is -1.37. The lowest BCUT2D eigenvalue weighted by molar-refractivity contribution is -0.146. The van der Waals surface area contributed by atoms with Crippen LogP contribution < -0.4 is 14.2 Å². The van der Waals surface area contributed by atoms with Crippen LogP contribution in [0.4, 0.5) is 0 Å². The quantitative estimate of drug-likeness (QED) is 0.305. The second kappa shape index (κ2) is 17.4. The van der Waals surface area contributed by atoms with Crippen molar-refractivity contribution in [3.05, 3.63) is 54.6 Å². The summed E-state index contributed by atoms with van der Waals surface area (Å²) in [5, 5.41) is 0.252. The van der Waals surface area contributed by atoms with Crippen molar-refractivity contribution >= 4 is 44.4 Å². The molecule has 2 aromatic rings. The maximum absolute atomic E-state index is 15.1. The summed E-state index contributed by atoms with van der Waals surface area (Å²) in [4.78, 5) is 66.0. The Morgan fingerprint density at radius 3 is 2.59 bits per heavy atom. The van der Waals surface area contributed by atoms with E-state index in [4.69, 9.17) is 19.2 Å². The summed E-state index contributed by atoms with van der Waals surface area (Å²) in [6.07, 6.45) is 12.7. The van der Waals surface area contributed by atoms with Gasteiger partial charge in [0.25, 0.3) is 0 Å². The average Bonchev–Trinajstić information content (AvgIpc) is 3.99. The fourth-order valence-electron chi connectivity index (χ4n) is 9.89. The van der Waals surface area contributed by atoms with E-state index in [2.05, 4.69) is 23.5 Å². The summed E-state index contributed by atoms with van der Waals surface area (Å²) < 4.78 is 47.3. The number of hydrogen-bond donors (Lipinski definition) is 1. The zero-order valence-electron chi connectivity index (χ0n) is 34.1. The van der Waals surface area contributed by atoms with Crippen LogP contribution in [0.15, 0.2) is 49.1 Å². The lowest BCUT2D eigenvalue weighted by Crippen LogP contribution is -2.48. The molecule has 318 valence electrons. The number of para-hydroxylation sites is 1. The zero-order valence-corrected chi connectivity index (χ0v) is 35.0. The second-order valence-corrected chi connectivity index (χ2v) is 19.4. The Kier molecular flexibility index (Phi) is 12.2. The van der Waals surface area contributed by atoms with Gasteiger partial charge in [0, 0.05) is 50.3 Å². The maximum Gasteiger partial charge on any atom is 0.240 e. The van der Waals surface area contributed by atoms with E-state index in [0.29, 0.717) is 62.7 Å². The average molecular weight is 831 g/mol. The molecule has 14 heteroatoms. The molecule has 0 radical (unpaired) electrons. The number of carbonyl (C=O) groups excluding carboxylic acids is 4. The molecule has 0 spiro atoms. The number of nitrogens with one attached hydrogen (secondary N) is 1. The number of amides is 3. The lowest BCUT2D eigenvalue weighted by Gasteiger charge is -2.32. The molecule has 3 saturated carbocycles. The minimum Gasteiger partial charge on any atom is -0.493 e. The van der Waals surface area contributed by atoms with Crippen LogP contribution in [0.3, 0.4) is 0 Å². The summed E-state index contributed by atoms with van der Waals surface area (Å²) in [5.41, 5.74) is 0.172. The van der Waals surface area contributed by atoms with Crippen molar-refractivity contribution in [2.75, 3.05) is 32.8 Å². The Morgan fingerprint density at radius 1 is 1.05 bits per heavy atom. The highest BCUT2D eigenvalue weighted by Crippen LogP contribution is 2.57. The molecule has 13 nitrogen and oxygen atoms in total. The van der Waals surface area contributed by atoms with Gasteiger partial charge in [0.2, 0.25) is 33.6 Å². The van der Waals surface area contributed by atoms with Crippen LogP contribution in [0.2, 0.25) is 0 Å². The molecule has 3 aliphatic heterocycles. The molecule has 1 N–H and O–H groups in total. The Morgan fingerprint density at radius 2 is 1.85 bits per heavy atom. The molecule has 4 heterocycles. The fourth-order valence-corrected chi connectivity index (χ4v) is 11.3. The number of pyridine rings is 1. The molecule has 59 heavy (non-hydrogen) atoms. The molecule has 3 amide bonds. The molecule has 0 unspecified atom stereocenters. The molecule has 3 aliphatic carbocycles. The molecule has 1 aromatic carbocycles. The van der Waals surface area contributed by atoms with Gasteiger partial charge in [0.1, 0.15) is 11.9 Å². The third-order valence-electron chi connectivity index (χ3n) is 13.5. The number of Topliss-reactive ketones (excluding diaryl/α,β-unsaturated/α-hetero) is 1. The van der Waals surface area contributed by atoms with Gasteiger partial charge in [-0.15, -0.1) is 6.58 Å². The van der Waals surface area contributed by atoms with Gasteiger partial charge in [0.15, 0.2) is 5.78 Å². The number of benzene rings is 1. The number of sulfonamides is 1. The van der Waals surface area contributed by atoms with Gasteiger partial charge in [0.05, 0.1) is 47.0 Å². The highest BCUT2D eigenvalue weighted by Gasteiger charge is 2.61. The van der Waals surface area contributed by atoms with Crippen LogP contribution in [0.25, 0.3) is 10.9 Å². The van der Waals surface area contributed by atoms with Crippen molar-refractivity contribution in [2.45, 2.75) is 120 Å². The Hall–Kier alpha value is -4.30. The fraction of sp³-hybridized carbons (Fsp3) is 0.622. The third-order valence-corrected chi connectivity index (χ3v) is 15.3. The number of ketones is 1. The first-order valence-electron chi connectivity index (χ1n) is 21.8. The van der Waals surface area contributed by atoms with E-state index in [1.54, 1.807) is 11.0 Å². The summed E-state index contributed by atoms with van der Waals surface area (Å²) in [7, 11) is -3.86. The summed E-state index contributed by atoms with van der Waals surface area (Å²) in [6, 6.07) is 6.76.